The fraction of sp³-hybridized carbons (Fsp3) is 0.421. The molecule has 0 fully saturated rings. The van der Waals surface area contributed by atoms with Crippen LogP contribution in [-0.2, 0) is 10.0 Å². The van der Waals surface area contributed by atoms with Crippen molar-refractivity contribution in [3.63, 3.8) is 0 Å². The summed E-state index contributed by atoms with van der Waals surface area (Å²) < 4.78 is 33.2. The summed E-state index contributed by atoms with van der Waals surface area (Å²) >= 11 is 0. The molecule has 0 aliphatic rings. The maximum absolute atomic E-state index is 12.7. The first-order chi connectivity index (χ1) is 12.4. The van der Waals surface area contributed by atoms with Gasteiger partial charge in [0.1, 0.15) is 11.6 Å². The molecule has 2 N–H and O–H groups in total. The first kappa shape index (κ1) is 20.0. The van der Waals surface area contributed by atoms with E-state index in [1.807, 2.05) is 13.0 Å². The van der Waals surface area contributed by atoms with Crippen LogP contribution in [0.1, 0.15) is 37.3 Å². The Morgan fingerprint density at radius 2 is 1.88 bits per heavy atom. The van der Waals surface area contributed by atoms with Gasteiger partial charge in [0.05, 0.1) is 23.9 Å². The summed E-state index contributed by atoms with van der Waals surface area (Å²) in [6.45, 7) is 6.60. The molecular formula is C19H27N3O3S. The Bertz CT molecular complexity index is 834. The number of sulfonamides is 1. The molecule has 2 rings (SSSR count). The van der Waals surface area contributed by atoms with E-state index in [-0.39, 0.29) is 10.7 Å². The number of hydrogen-bond donors (Lipinski definition) is 2. The average Bonchev–Trinajstić information content (AvgIpc) is 2.61. The molecule has 142 valence electrons. The van der Waals surface area contributed by atoms with Crippen LogP contribution in [0.2, 0.25) is 0 Å². The van der Waals surface area contributed by atoms with Gasteiger partial charge in [0.2, 0.25) is 0 Å². The van der Waals surface area contributed by atoms with Crippen LogP contribution in [0, 0.1) is 13.8 Å². The van der Waals surface area contributed by atoms with Gasteiger partial charge in [-0.25, -0.2) is 13.4 Å². The normalized spacial score (nSPS) is 11.2. The molecule has 0 aliphatic heterocycles. The largest absolute Gasteiger partial charge is 0.496 e. The number of unbranched alkanes of at least 4 members (excludes halogenated alkanes) is 2. The predicted octanol–water partition coefficient (Wildman–Crippen LogP) is 4.11. The van der Waals surface area contributed by atoms with Crippen LogP contribution in [0.3, 0.4) is 0 Å². The van der Waals surface area contributed by atoms with Crippen molar-refractivity contribution in [2.45, 2.75) is 44.9 Å². The van der Waals surface area contributed by atoms with Crippen molar-refractivity contribution in [1.29, 1.82) is 0 Å². The molecule has 0 saturated heterocycles. The number of nitrogens with one attached hydrogen (secondary N) is 2. The van der Waals surface area contributed by atoms with E-state index in [0.717, 1.165) is 24.2 Å². The predicted molar refractivity (Wildman–Crippen MR) is 106 cm³/mol. The smallest absolute Gasteiger partial charge is 0.263 e. The molecule has 26 heavy (non-hydrogen) atoms. The molecule has 0 radical (unpaired) electrons. The molecule has 0 bridgehead atoms. The summed E-state index contributed by atoms with van der Waals surface area (Å²) in [5.41, 5.74) is 2.26. The molecule has 0 atom stereocenters. The molecular weight excluding hydrogens is 350 g/mol. The number of methoxy groups -OCH3 is 1. The van der Waals surface area contributed by atoms with Crippen molar-refractivity contribution in [1.82, 2.24) is 4.98 Å². The average molecular weight is 378 g/mol. The Kier molecular flexibility index (Phi) is 6.85. The zero-order chi connectivity index (χ0) is 19.2. The third-order valence-electron chi connectivity index (χ3n) is 4.09. The summed E-state index contributed by atoms with van der Waals surface area (Å²) in [4.78, 5) is 4.42. The first-order valence-electron chi connectivity index (χ1n) is 8.75. The highest BCUT2D eigenvalue weighted by molar-refractivity contribution is 7.92. The first-order valence-corrected chi connectivity index (χ1v) is 10.2. The van der Waals surface area contributed by atoms with E-state index in [9.17, 15) is 8.42 Å². The fourth-order valence-corrected chi connectivity index (χ4v) is 3.95. The number of anilines is 2. The lowest BCUT2D eigenvalue weighted by Gasteiger charge is -2.13. The summed E-state index contributed by atoms with van der Waals surface area (Å²) in [6, 6.07) is 6.81. The molecule has 1 aromatic heterocycles. The van der Waals surface area contributed by atoms with Gasteiger partial charge in [0, 0.05) is 6.54 Å². The van der Waals surface area contributed by atoms with E-state index in [4.69, 9.17) is 4.74 Å². The van der Waals surface area contributed by atoms with Crippen LogP contribution in [0.5, 0.6) is 5.75 Å². The highest BCUT2D eigenvalue weighted by atomic mass is 32.2. The van der Waals surface area contributed by atoms with Gasteiger partial charge < -0.3 is 10.1 Å². The minimum absolute atomic E-state index is 0.222. The van der Waals surface area contributed by atoms with Crippen LogP contribution >= 0.6 is 0 Å². The van der Waals surface area contributed by atoms with E-state index in [1.165, 1.54) is 12.8 Å². The van der Waals surface area contributed by atoms with Gasteiger partial charge in [-0.2, -0.15) is 0 Å². The van der Waals surface area contributed by atoms with Gasteiger partial charge in [-0.15, -0.1) is 0 Å². The Hall–Kier alpha value is -2.28. The number of ether oxygens (including phenoxy) is 1. The lowest BCUT2D eigenvalue weighted by Crippen LogP contribution is -2.15. The van der Waals surface area contributed by atoms with E-state index < -0.39 is 10.0 Å². The molecule has 1 heterocycles. The zero-order valence-electron chi connectivity index (χ0n) is 15.8. The van der Waals surface area contributed by atoms with Crippen molar-refractivity contribution >= 4 is 21.5 Å². The van der Waals surface area contributed by atoms with Gasteiger partial charge in [-0.3, -0.25) is 4.72 Å². The van der Waals surface area contributed by atoms with E-state index >= 15 is 0 Å². The molecule has 2 aromatic rings. The monoisotopic (exact) mass is 377 g/mol. The molecule has 6 nitrogen and oxygen atoms in total. The van der Waals surface area contributed by atoms with Crippen LogP contribution in [0.15, 0.2) is 35.4 Å². The number of rotatable bonds is 9. The van der Waals surface area contributed by atoms with Gasteiger partial charge >= 0.3 is 0 Å². The highest BCUT2D eigenvalue weighted by Gasteiger charge is 2.19. The lowest BCUT2D eigenvalue weighted by molar-refractivity contribution is 0.411. The maximum atomic E-state index is 12.7. The summed E-state index contributed by atoms with van der Waals surface area (Å²) in [5, 5.41) is 3.28. The second kappa shape index (κ2) is 8.89. The number of nitrogens with zero attached hydrogens (tertiary/aromatic N) is 1. The second-order valence-electron chi connectivity index (χ2n) is 6.26. The Labute approximate surface area is 156 Å². The van der Waals surface area contributed by atoms with Crippen LogP contribution in [-0.4, -0.2) is 27.1 Å². The second-order valence-corrected chi connectivity index (χ2v) is 7.91. The number of hydrogen-bond acceptors (Lipinski definition) is 5. The third-order valence-corrected chi connectivity index (χ3v) is 5.59. The van der Waals surface area contributed by atoms with Crippen LogP contribution in [0.4, 0.5) is 11.5 Å². The SMILES string of the molecule is CCCCCNc1ccc(NS(=O)(=O)c2cc(C)c(OC)cc2C)nc1. The van der Waals surface area contributed by atoms with Gasteiger partial charge in [0.15, 0.2) is 0 Å². The number of benzene rings is 1. The van der Waals surface area contributed by atoms with E-state index in [1.54, 1.807) is 38.4 Å². The molecule has 0 spiro atoms. The van der Waals surface area contributed by atoms with E-state index in [2.05, 4.69) is 21.9 Å². The third kappa shape index (κ3) is 5.11. The summed E-state index contributed by atoms with van der Waals surface area (Å²) in [5.74, 6) is 0.954. The fourth-order valence-electron chi connectivity index (χ4n) is 2.63. The molecule has 0 saturated carbocycles. The zero-order valence-corrected chi connectivity index (χ0v) is 16.6. The van der Waals surface area contributed by atoms with Crippen molar-refractivity contribution in [2.75, 3.05) is 23.7 Å². The van der Waals surface area contributed by atoms with Crippen LogP contribution < -0.4 is 14.8 Å². The number of aromatic nitrogens is 1. The number of pyridine rings is 1. The lowest BCUT2D eigenvalue weighted by atomic mass is 10.1. The molecule has 0 unspecified atom stereocenters. The van der Waals surface area contributed by atoms with Crippen molar-refractivity contribution in [3.8, 4) is 5.75 Å². The van der Waals surface area contributed by atoms with E-state index in [0.29, 0.717) is 11.3 Å². The molecule has 0 aliphatic carbocycles. The van der Waals surface area contributed by atoms with Gasteiger partial charge in [0.25, 0.3) is 10.0 Å². The van der Waals surface area contributed by atoms with Gasteiger partial charge in [-0.1, -0.05) is 19.8 Å². The highest BCUT2D eigenvalue weighted by Crippen LogP contribution is 2.26. The Morgan fingerprint density at radius 1 is 1.12 bits per heavy atom. The Balaban J connectivity index is 2.11. The topological polar surface area (TPSA) is 80.3 Å². The number of aryl methyl sites for hydroxylation is 2. The van der Waals surface area contributed by atoms with Crippen molar-refractivity contribution in [2.24, 2.45) is 0 Å². The quantitative estimate of drug-likeness (QED) is 0.643. The standard InChI is InChI=1S/C19H27N3O3S/c1-5-6-7-10-20-16-8-9-19(21-13-16)22-26(23,24)18-12-14(2)17(25-4)11-15(18)3/h8-9,11-13,20H,5-7,10H2,1-4H3,(H,21,22). The van der Waals surface area contributed by atoms with Crippen molar-refractivity contribution in [3.05, 3.63) is 41.6 Å². The minimum Gasteiger partial charge on any atom is -0.496 e. The maximum Gasteiger partial charge on any atom is 0.263 e. The summed E-state index contributed by atoms with van der Waals surface area (Å²) in [6.07, 6.45) is 5.08. The Morgan fingerprint density at radius 3 is 2.50 bits per heavy atom. The van der Waals surface area contributed by atoms with Crippen LogP contribution in [0.25, 0.3) is 0 Å². The summed E-state index contributed by atoms with van der Waals surface area (Å²) in [7, 11) is -2.15. The minimum atomic E-state index is -3.72. The molecule has 7 heteroatoms. The molecule has 1 aromatic carbocycles. The van der Waals surface area contributed by atoms with Gasteiger partial charge in [-0.05, 0) is 55.7 Å². The van der Waals surface area contributed by atoms with Crippen molar-refractivity contribution < 1.29 is 13.2 Å². The molecule has 0 amide bonds.